The summed E-state index contributed by atoms with van der Waals surface area (Å²) in [6.07, 6.45) is 0.616. The van der Waals surface area contributed by atoms with Crippen molar-refractivity contribution in [2.45, 2.75) is 19.4 Å². The zero-order chi connectivity index (χ0) is 18.5. The van der Waals surface area contributed by atoms with Gasteiger partial charge in [0.1, 0.15) is 5.82 Å². The highest BCUT2D eigenvalue weighted by Gasteiger charge is 2.15. The molecule has 0 bridgehead atoms. The fourth-order valence-corrected chi connectivity index (χ4v) is 2.82. The standard InChI is InChI=1S/C20H15FN4O/c21-16-9-7-15(8-10-16)19-17-5-1-2-6-18(17)20(26)25(24-19)13-14(12-23)4-3-11-22/h1-2,5-10,14H,3-4,13H2/t14-/m0/s1. The lowest BCUT2D eigenvalue weighted by molar-refractivity contribution is 0.463. The monoisotopic (exact) mass is 346 g/mol. The van der Waals surface area contributed by atoms with Gasteiger partial charge in [0.2, 0.25) is 0 Å². The maximum Gasteiger partial charge on any atom is 0.274 e. The predicted molar refractivity (Wildman–Crippen MR) is 95.3 cm³/mol. The molecule has 6 heteroatoms. The molecule has 0 aliphatic rings. The second-order valence-corrected chi connectivity index (χ2v) is 5.91. The van der Waals surface area contributed by atoms with Crippen LogP contribution in [0.3, 0.4) is 0 Å². The summed E-state index contributed by atoms with van der Waals surface area (Å²) < 4.78 is 14.5. The van der Waals surface area contributed by atoms with Gasteiger partial charge in [0.25, 0.3) is 5.56 Å². The lowest BCUT2D eigenvalue weighted by atomic mass is 10.0. The predicted octanol–water partition coefficient (Wildman–Crippen LogP) is 3.65. The molecular weight excluding hydrogens is 331 g/mol. The Balaban J connectivity index is 2.14. The lowest BCUT2D eigenvalue weighted by Crippen LogP contribution is -2.27. The van der Waals surface area contributed by atoms with Crippen LogP contribution >= 0.6 is 0 Å². The molecule has 0 amide bonds. The molecule has 0 aliphatic heterocycles. The van der Waals surface area contributed by atoms with Crippen LogP contribution in [0.2, 0.25) is 0 Å². The molecule has 1 heterocycles. The number of fused-ring (bicyclic) bond motifs is 1. The minimum atomic E-state index is -0.484. The fourth-order valence-electron chi connectivity index (χ4n) is 2.82. The van der Waals surface area contributed by atoms with Crippen LogP contribution in [-0.2, 0) is 6.54 Å². The van der Waals surface area contributed by atoms with Gasteiger partial charge in [-0.25, -0.2) is 9.07 Å². The van der Waals surface area contributed by atoms with Crippen molar-refractivity contribution in [3.8, 4) is 23.4 Å². The first-order valence-corrected chi connectivity index (χ1v) is 8.16. The number of nitrogens with zero attached hydrogens (tertiary/aromatic N) is 4. The summed E-state index contributed by atoms with van der Waals surface area (Å²) in [5, 5.41) is 23.6. The third-order valence-electron chi connectivity index (χ3n) is 4.17. The molecule has 0 radical (unpaired) electrons. The van der Waals surface area contributed by atoms with E-state index in [2.05, 4.69) is 11.2 Å². The van der Waals surface area contributed by atoms with E-state index in [0.717, 1.165) is 0 Å². The molecular formula is C20H15FN4O. The van der Waals surface area contributed by atoms with E-state index in [9.17, 15) is 14.4 Å². The van der Waals surface area contributed by atoms with E-state index in [1.807, 2.05) is 12.1 Å². The average molecular weight is 346 g/mol. The fraction of sp³-hybridized carbons (Fsp3) is 0.200. The van der Waals surface area contributed by atoms with Crippen LogP contribution in [0.4, 0.5) is 4.39 Å². The molecule has 1 atom stereocenters. The van der Waals surface area contributed by atoms with Crippen molar-refractivity contribution in [1.29, 1.82) is 10.5 Å². The van der Waals surface area contributed by atoms with Gasteiger partial charge < -0.3 is 0 Å². The van der Waals surface area contributed by atoms with Crippen molar-refractivity contribution < 1.29 is 4.39 Å². The van der Waals surface area contributed by atoms with E-state index in [4.69, 9.17) is 5.26 Å². The van der Waals surface area contributed by atoms with Crippen LogP contribution in [0.15, 0.2) is 53.3 Å². The first kappa shape index (κ1) is 17.3. The average Bonchev–Trinajstić information content (AvgIpc) is 2.67. The number of nitriles is 2. The summed E-state index contributed by atoms with van der Waals surface area (Å²) in [6.45, 7) is 0.107. The normalized spacial score (nSPS) is 11.7. The van der Waals surface area contributed by atoms with Gasteiger partial charge in [0, 0.05) is 17.4 Å². The maximum absolute atomic E-state index is 13.3. The molecule has 0 unspecified atom stereocenters. The molecule has 0 fully saturated rings. The van der Waals surface area contributed by atoms with Gasteiger partial charge in [0.15, 0.2) is 0 Å². The Morgan fingerprint density at radius 2 is 1.77 bits per heavy atom. The highest BCUT2D eigenvalue weighted by Crippen LogP contribution is 2.25. The number of aromatic nitrogens is 2. The highest BCUT2D eigenvalue weighted by molar-refractivity contribution is 5.93. The number of rotatable bonds is 5. The Bertz CT molecular complexity index is 1070. The maximum atomic E-state index is 13.3. The van der Waals surface area contributed by atoms with Gasteiger partial charge in [0.05, 0.1) is 35.7 Å². The second-order valence-electron chi connectivity index (χ2n) is 5.91. The van der Waals surface area contributed by atoms with E-state index in [-0.39, 0.29) is 24.3 Å². The molecule has 3 aromatic rings. The summed E-state index contributed by atoms with van der Waals surface area (Å²) in [6, 6.07) is 17.1. The Hall–Kier alpha value is -3.51. The molecule has 26 heavy (non-hydrogen) atoms. The van der Waals surface area contributed by atoms with Gasteiger partial charge in [-0.2, -0.15) is 15.6 Å². The van der Waals surface area contributed by atoms with Gasteiger partial charge in [-0.1, -0.05) is 18.2 Å². The zero-order valence-corrected chi connectivity index (χ0v) is 13.9. The van der Waals surface area contributed by atoms with Crippen molar-refractivity contribution in [1.82, 2.24) is 9.78 Å². The molecule has 0 spiro atoms. The summed E-state index contributed by atoms with van der Waals surface area (Å²) in [5.74, 6) is -0.838. The Labute approximate surface area is 149 Å². The first-order chi connectivity index (χ1) is 12.6. The molecule has 1 aromatic heterocycles. The summed E-state index contributed by atoms with van der Waals surface area (Å²) in [5.41, 5.74) is 0.947. The van der Waals surface area contributed by atoms with Gasteiger partial charge in [-0.05, 0) is 36.8 Å². The molecule has 0 aliphatic carbocycles. The van der Waals surface area contributed by atoms with E-state index < -0.39 is 5.92 Å². The quantitative estimate of drug-likeness (QED) is 0.706. The van der Waals surface area contributed by atoms with Gasteiger partial charge >= 0.3 is 0 Å². The van der Waals surface area contributed by atoms with Crippen molar-refractivity contribution >= 4 is 10.8 Å². The molecule has 0 saturated heterocycles. The number of hydrogen-bond acceptors (Lipinski definition) is 4. The van der Waals surface area contributed by atoms with E-state index >= 15 is 0 Å². The van der Waals surface area contributed by atoms with Gasteiger partial charge in [-0.15, -0.1) is 0 Å². The van der Waals surface area contributed by atoms with Gasteiger partial charge in [-0.3, -0.25) is 4.79 Å². The highest BCUT2D eigenvalue weighted by atomic mass is 19.1. The summed E-state index contributed by atoms with van der Waals surface area (Å²) >= 11 is 0. The van der Waals surface area contributed by atoms with E-state index in [1.165, 1.54) is 16.8 Å². The molecule has 5 nitrogen and oxygen atoms in total. The first-order valence-electron chi connectivity index (χ1n) is 8.16. The van der Waals surface area contributed by atoms with Crippen molar-refractivity contribution in [2.75, 3.05) is 0 Å². The van der Waals surface area contributed by atoms with Crippen LogP contribution in [0.1, 0.15) is 12.8 Å². The minimum Gasteiger partial charge on any atom is -0.267 e. The van der Waals surface area contributed by atoms with E-state index in [0.29, 0.717) is 28.5 Å². The molecule has 2 aromatic carbocycles. The van der Waals surface area contributed by atoms with Crippen LogP contribution < -0.4 is 5.56 Å². The number of halogens is 1. The Morgan fingerprint density at radius 3 is 2.42 bits per heavy atom. The van der Waals surface area contributed by atoms with Crippen LogP contribution in [0.25, 0.3) is 22.0 Å². The third kappa shape index (κ3) is 3.45. The topological polar surface area (TPSA) is 82.5 Å². The van der Waals surface area contributed by atoms with Crippen LogP contribution in [0, 0.1) is 34.4 Å². The second kappa shape index (κ2) is 7.58. The Morgan fingerprint density at radius 1 is 1.08 bits per heavy atom. The van der Waals surface area contributed by atoms with Crippen molar-refractivity contribution in [3.05, 3.63) is 64.7 Å². The molecule has 3 rings (SSSR count). The number of benzene rings is 2. The summed E-state index contributed by atoms with van der Waals surface area (Å²) in [7, 11) is 0. The van der Waals surface area contributed by atoms with Crippen LogP contribution in [-0.4, -0.2) is 9.78 Å². The molecule has 128 valence electrons. The Kier molecular flexibility index (Phi) is 5.05. The van der Waals surface area contributed by atoms with Crippen molar-refractivity contribution in [3.63, 3.8) is 0 Å². The summed E-state index contributed by atoms with van der Waals surface area (Å²) in [4.78, 5) is 12.8. The lowest BCUT2D eigenvalue weighted by Gasteiger charge is -2.13. The largest absolute Gasteiger partial charge is 0.274 e. The van der Waals surface area contributed by atoms with Crippen molar-refractivity contribution in [2.24, 2.45) is 5.92 Å². The van der Waals surface area contributed by atoms with Crippen LogP contribution in [0.5, 0.6) is 0 Å². The number of hydrogen-bond donors (Lipinski definition) is 0. The third-order valence-corrected chi connectivity index (χ3v) is 4.17. The SMILES string of the molecule is N#CCC[C@@H](C#N)Cn1nc(-c2ccc(F)cc2)c2ccccc2c1=O. The minimum absolute atomic E-state index is 0.107. The molecule has 0 saturated carbocycles. The molecule has 0 N–H and O–H groups in total. The van der Waals surface area contributed by atoms with E-state index in [1.54, 1.807) is 30.3 Å². The zero-order valence-electron chi connectivity index (χ0n) is 13.9. The smallest absolute Gasteiger partial charge is 0.267 e.